The van der Waals surface area contributed by atoms with Crippen LogP contribution in [-0.2, 0) is 19.1 Å². The van der Waals surface area contributed by atoms with Gasteiger partial charge in [0.05, 0.1) is 11.9 Å². The molecule has 0 heterocycles. The highest BCUT2D eigenvalue weighted by Crippen LogP contribution is 2.22. The van der Waals surface area contributed by atoms with E-state index in [1.54, 1.807) is 30.3 Å². The standard InChI is InChI=1S/C18H17NO6S/c1-12(20)14-8-9-16(19-17(21)11-25-26(2,23)24)15(10-14)18(22)13-6-4-3-5-7-13/h3-10H,11H2,1-2H3,(H,19,21). The second kappa shape index (κ2) is 8.03. The van der Waals surface area contributed by atoms with E-state index < -0.39 is 22.6 Å². The minimum atomic E-state index is -3.77. The van der Waals surface area contributed by atoms with Crippen molar-refractivity contribution in [3.05, 3.63) is 65.2 Å². The van der Waals surface area contributed by atoms with Gasteiger partial charge in [0.25, 0.3) is 16.0 Å². The summed E-state index contributed by atoms with van der Waals surface area (Å²) < 4.78 is 26.4. The molecular formula is C18H17NO6S. The number of benzene rings is 2. The Balaban J connectivity index is 2.35. The smallest absolute Gasteiger partial charge is 0.264 e. The Morgan fingerprint density at radius 2 is 1.65 bits per heavy atom. The summed E-state index contributed by atoms with van der Waals surface area (Å²) in [4.78, 5) is 36.3. The van der Waals surface area contributed by atoms with Crippen molar-refractivity contribution in [2.24, 2.45) is 0 Å². The third-order valence-electron chi connectivity index (χ3n) is 3.38. The van der Waals surface area contributed by atoms with Gasteiger partial charge >= 0.3 is 0 Å². The van der Waals surface area contributed by atoms with Crippen molar-refractivity contribution in [2.45, 2.75) is 6.92 Å². The Kier molecular flexibility index (Phi) is 6.01. The predicted octanol–water partition coefficient (Wildman–Crippen LogP) is 2.03. The SMILES string of the molecule is CC(=O)c1ccc(NC(=O)COS(C)(=O)=O)c(C(=O)c2ccccc2)c1. The Bertz CT molecular complexity index is 951. The fourth-order valence-electron chi connectivity index (χ4n) is 2.15. The monoisotopic (exact) mass is 375 g/mol. The zero-order valence-corrected chi connectivity index (χ0v) is 15.0. The average Bonchev–Trinajstić information content (AvgIpc) is 2.59. The van der Waals surface area contributed by atoms with Crippen molar-refractivity contribution in [3.8, 4) is 0 Å². The van der Waals surface area contributed by atoms with E-state index >= 15 is 0 Å². The summed E-state index contributed by atoms with van der Waals surface area (Å²) in [6.45, 7) is 0.649. The van der Waals surface area contributed by atoms with E-state index in [-0.39, 0.29) is 22.8 Å². The molecular weight excluding hydrogens is 358 g/mol. The topological polar surface area (TPSA) is 107 Å². The maximum Gasteiger partial charge on any atom is 0.264 e. The van der Waals surface area contributed by atoms with E-state index in [0.29, 0.717) is 11.1 Å². The van der Waals surface area contributed by atoms with Crippen molar-refractivity contribution >= 4 is 33.3 Å². The molecule has 0 unspecified atom stereocenters. The molecule has 0 saturated heterocycles. The lowest BCUT2D eigenvalue weighted by Crippen LogP contribution is -2.22. The lowest BCUT2D eigenvalue weighted by molar-refractivity contribution is -0.118. The summed E-state index contributed by atoms with van der Waals surface area (Å²) in [6, 6.07) is 12.7. The maximum atomic E-state index is 12.8. The summed E-state index contributed by atoms with van der Waals surface area (Å²) in [5.41, 5.74) is 0.980. The van der Waals surface area contributed by atoms with Gasteiger partial charge in [-0.1, -0.05) is 30.3 Å². The van der Waals surface area contributed by atoms with Crippen LogP contribution >= 0.6 is 0 Å². The van der Waals surface area contributed by atoms with Gasteiger partial charge in [-0.3, -0.25) is 18.6 Å². The van der Waals surface area contributed by atoms with Gasteiger partial charge in [-0.15, -0.1) is 0 Å². The molecule has 0 saturated carbocycles. The Morgan fingerprint density at radius 3 is 2.23 bits per heavy atom. The summed E-state index contributed by atoms with van der Waals surface area (Å²) in [5.74, 6) is -1.36. The minimum Gasteiger partial charge on any atom is -0.323 e. The summed E-state index contributed by atoms with van der Waals surface area (Å²) in [6.07, 6.45) is 0.826. The number of carbonyl (C=O) groups is 3. The van der Waals surface area contributed by atoms with Crippen LogP contribution in [0.15, 0.2) is 48.5 Å². The van der Waals surface area contributed by atoms with E-state index in [1.165, 1.54) is 25.1 Å². The third-order valence-corrected chi connectivity index (χ3v) is 3.93. The first kappa shape index (κ1) is 19.5. The molecule has 0 fully saturated rings. The highest BCUT2D eigenvalue weighted by molar-refractivity contribution is 7.86. The third kappa shape index (κ3) is 5.33. The molecule has 1 amide bonds. The van der Waals surface area contributed by atoms with Gasteiger partial charge in [0.1, 0.15) is 6.61 Å². The van der Waals surface area contributed by atoms with Crippen molar-refractivity contribution in [1.29, 1.82) is 0 Å². The number of hydrogen-bond acceptors (Lipinski definition) is 6. The molecule has 1 N–H and O–H groups in total. The number of amides is 1. The molecule has 0 radical (unpaired) electrons. The molecule has 0 aliphatic rings. The van der Waals surface area contributed by atoms with Gasteiger partial charge in [0.15, 0.2) is 11.6 Å². The van der Waals surface area contributed by atoms with Gasteiger partial charge in [0, 0.05) is 16.7 Å². The number of rotatable bonds is 7. The summed E-state index contributed by atoms with van der Waals surface area (Å²) in [7, 11) is -3.77. The fraction of sp³-hybridized carbons (Fsp3) is 0.167. The highest BCUT2D eigenvalue weighted by Gasteiger charge is 2.18. The summed E-state index contributed by atoms with van der Waals surface area (Å²) in [5, 5.41) is 2.44. The van der Waals surface area contributed by atoms with Crippen molar-refractivity contribution in [3.63, 3.8) is 0 Å². The second-order valence-corrected chi connectivity index (χ2v) is 7.17. The minimum absolute atomic E-state index is 0.122. The first-order valence-electron chi connectivity index (χ1n) is 7.56. The first-order valence-corrected chi connectivity index (χ1v) is 9.38. The summed E-state index contributed by atoms with van der Waals surface area (Å²) >= 11 is 0. The number of Topliss-reactive ketones (excluding diaryl/α,β-unsaturated/α-hetero) is 1. The second-order valence-electron chi connectivity index (χ2n) is 5.53. The molecule has 0 spiro atoms. The molecule has 0 aromatic heterocycles. The molecule has 0 atom stereocenters. The van der Waals surface area contributed by atoms with Crippen molar-refractivity contribution < 1.29 is 27.0 Å². The van der Waals surface area contributed by atoms with Crippen LogP contribution < -0.4 is 5.32 Å². The lowest BCUT2D eigenvalue weighted by atomic mass is 9.98. The lowest BCUT2D eigenvalue weighted by Gasteiger charge is -2.12. The Hall–Kier alpha value is -2.84. The molecule has 8 heteroatoms. The predicted molar refractivity (Wildman–Crippen MR) is 95.7 cm³/mol. The van der Waals surface area contributed by atoms with Gasteiger partial charge in [0.2, 0.25) is 0 Å². The molecule has 2 aromatic carbocycles. The van der Waals surface area contributed by atoms with Crippen molar-refractivity contribution in [2.75, 3.05) is 18.2 Å². The fourth-order valence-corrected chi connectivity index (χ4v) is 2.47. The molecule has 26 heavy (non-hydrogen) atoms. The highest BCUT2D eigenvalue weighted by atomic mass is 32.2. The average molecular weight is 375 g/mol. The Labute approximate surface area is 151 Å². The number of nitrogens with one attached hydrogen (secondary N) is 1. The van der Waals surface area contributed by atoms with Crippen LogP contribution in [0.2, 0.25) is 0 Å². The van der Waals surface area contributed by atoms with E-state index in [2.05, 4.69) is 9.50 Å². The van der Waals surface area contributed by atoms with Gasteiger partial charge in [-0.25, -0.2) is 0 Å². The van der Waals surface area contributed by atoms with Crippen LogP contribution in [0.5, 0.6) is 0 Å². The molecule has 136 valence electrons. The largest absolute Gasteiger partial charge is 0.323 e. The van der Waals surface area contributed by atoms with Crippen LogP contribution in [0.1, 0.15) is 33.2 Å². The van der Waals surface area contributed by atoms with E-state index in [9.17, 15) is 22.8 Å². The Morgan fingerprint density at radius 1 is 1.00 bits per heavy atom. The van der Waals surface area contributed by atoms with Crippen LogP contribution in [0.4, 0.5) is 5.69 Å². The number of ketones is 2. The van der Waals surface area contributed by atoms with E-state index in [0.717, 1.165) is 6.26 Å². The molecule has 0 aliphatic carbocycles. The van der Waals surface area contributed by atoms with Crippen LogP contribution in [-0.4, -0.2) is 38.8 Å². The first-order chi connectivity index (χ1) is 12.2. The molecule has 2 rings (SSSR count). The maximum absolute atomic E-state index is 12.8. The number of hydrogen-bond donors (Lipinski definition) is 1. The van der Waals surface area contributed by atoms with Gasteiger partial charge in [-0.05, 0) is 25.1 Å². The quantitative estimate of drug-likeness (QED) is 0.586. The molecule has 0 aliphatic heterocycles. The van der Waals surface area contributed by atoms with Gasteiger partial charge in [-0.2, -0.15) is 8.42 Å². The van der Waals surface area contributed by atoms with E-state index in [1.807, 2.05) is 0 Å². The molecule has 2 aromatic rings. The van der Waals surface area contributed by atoms with Gasteiger partial charge < -0.3 is 5.32 Å². The molecule has 0 bridgehead atoms. The van der Waals surface area contributed by atoms with Crippen LogP contribution in [0.25, 0.3) is 0 Å². The zero-order valence-electron chi connectivity index (χ0n) is 14.2. The zero-order chi connectivity index (χ0) is 19.3. The normalized spacial score (nSPS) is 11.0. The van der Waals surface area contributed by atoms with E-state index in [4.69, 9.17) is 0 Å². The van der Waals surface area contributed by atoms with Crippen molar-refractivity contribution in [1.82, 2.24) is 0 Å². The van der Waals surface area contributed by atoms with Crippen LogP contribution in [0.3, 0.4) is 0 Å². The number of anilines is 1. The van der Waals surface area contributed by atoms with Crippen LogP contribution in [0, 0.1) is 0 Å². The molecule has 7 nitrogen and oxygen atoms in total. The number of carbonyl (C=O) groups excluding carboxylic acids is 3.